The van der Waals surface area contributed by atoms with Gasteiger partial charge in [-0.25, -0.2) is 4.98 Å². The summed E-state index contributed by atoms with van der Waals surface area (Å²) in [6.07, 6.45) is 5.46. The number of piperazine rings is 1. The summed E-state index contributed by atoms with van der Waals surface area (Å²) in [6.45, 7) is 1.98. The number of rotatable bonds is 6. The zero-order valence-corrected chi connectivity index (χ0v) is 19.2. The average Bonchev–Trinajstić information content (AvgIpc) is 3.51. The second-order valence-electron chi connectivity index (χ2n) is 9.15. The molecule has 2 unspecified atom stereocenters. The molecular formula is C26H26N6O3. The third kappa shape index (κ3) is 4.36. The van der Waals surface area contributed by atoms with Crippen LogP contribution in [0.15, 0.2) is 60.9 Å². The molecule has 4 aromatic rings. The first-order chi connectivity index (χ1) is 17.2. The number of pyridine rings is 2. The summed E-state index contributed by atoms with van der Waals surface area (Å²) in [4.78, 5) is 25.6. The van der Waals surface area contributed by atoms with E-state index in [0.29, 0.717) is 11.6 Å². The van der Waals surface area contributed by atoms with Crippen LogP contribution in [0.5, 0.6) is 11.6 Å². The normalized spacial score (nSPS) is 19.9. The van der Waals surface area contributed by atoms with Crippen LogP contribution < -0.4 is 4.74 Å². The second kappa shape index (κ2) is 9.09. The highest BCUT2D eigenvalue weighted by Crippen LogP contribution is 2.31. The van der Waals surface area contributed by atoms with E-state index < -0.39 is 6.61 Å². The highest BCUT2D eigenvalue weighted by molar-refractivity contribution is 5.80. The molecule has 0 aliphatic carbocycles. The van der Waals surface area contributed by atoms with Crippen molar-refractivity contribution in [3.63, 3.8) is 0 Å². The molecule has 2 aliphatic heterocycles. The van der Waals surface area contributed by atoms with Crippen molar-refractivity contribution in [1.29, 1.82) is 0 Å². The van der Waals surface area contributed by atoms with Crippen LogP contribution >= 0.6 is 0 Å². The molecule has 2 aliphatic rings. The molecule has 9 heteroatoms. The van der Waals surface area contributed by atoms with Crippen molar-refractivity contribution in [1.82, 2.24) is 30.0 Å². The number of benzene rings is 1. The zero-order chi connectivity index (χ0) is 23.8. The van der Waals surface area contributed by atoms with E-state index in [2.05, 4.69) is 32.2 Å². The second-order valence-corrected chi connectivity index (χ2v) is 9.15. The number of ether oxygens (including phenoxy) is 1. The molecule has 1 amide bonds. The lowest BCUT2D eigenvalue weighted by molar-refractivity contribution is -0.140. The number of carbonyl (C=O) groups excluding carboxylic acids is 1. The number of H-pyrrole nitrogens is 1. The quantitative estimate of drug-likeness (QED) is 0.446. The fraction of sp³-hybridized carbons (Fsp3) is 0.308. The Morgan fingerprint density at radius 1 is 1.09 bits per heavy atom. The SMILES string of the molecule is O=C(CO)N1C2CCC1CN(Cc1ccc3cc(Oc4ccc(-c5ccn[nH]5)cn4)ccc3n1)C2. The van der Waals surface area contributed by atoms with Crippen LogP contribution in [0.25, 0.3) is 22.2 Å². The predicted molar refractivity (Wildman–Crippen MR) is 130 cm³/mol. The van der Waals surface area contributed by atoms with Crippen LogP contribution in [0.1, 0.15) is 18.5 Å². The van der Waals surface area contributed by atoms with Gasteiger partial charge < -0.3 is 14.7 Å². The first kappa shape index (κ1) is 21.7. The van der Waals surface area contributed by atoms with E-state index in [9.17, 15) is 9.90 Å². The fourth-order valence-corrected chi connectivity index (χ4v) is 5.27. The summed E-state index contributed by atoms with van der Waals surface area (Å²) < 4.78 is 5.96. The van der Waals surface area contributed by atoms with Gasteiger partial charge in [-0.15, -0.1) is 0 Å². The summed E-state index contributed by atoms with van der Waals surface area (Å²) in [5.74, 6) is 1.07. The van der Waals surface area contributed by atoms with Crippen LogP contribution in [0, 0.1) is 0 Å². The number of aliphatic hydroxyl groups excluding tert-OH is 1. The molecule has 2 bridgehead atoms. The third-order valence-electron chi connectivity index (χ3n) is 6.86. The van der Waals surface area contributed by atoms with Gasteiger partial charge in [-0.2, -0.15) is 5.10 Å². The predicted octanol–water partition coefficient (Wildman–Crippen LogP) is 2.98. The van der Waals surface area contributed by atoms with Gasteiger partial charge in [0, 0.05) is 61.1 Å². The number of hydrogen-bond acceptors (Lipinski definition) is 7. The minimum atomic E-state index is -0.405. The highest BCUT2D eigenvalue weighted by atomic mass is 16.5. The molecule has 0 saturated carbocycles. The Morgan fingerprint density at radius 2 is 1.94 bits per heavy atom. The number of amides is 1. The van der Waals surface area contributed by atoms with E-state index in [1.807, 2.05) is 41.3 Å². The molecule has 178 valence electrons. The minimum absolute atomic E-state index is 0.150. The number of nitrogens with zero attached hydrogens (tertiary/aromatic N) is 5. The Hall–Kier alpha value is -3.82. The van der Waals surface area contributed by atoms with Gasteiger partial charge in [-0.1, -0.05) is 6.07 Å². The highest BCUT2D eigenvalue weighted by Gasteiger charge is 2.42. The maximum atomic E-state index is 12.1. The van der Waals surface area contributed by atoms with Gasteiger partial charge in [0.25, 0.3) is 0 Å². The maximum absolute atomic E-state index is 12.1. The number of nitrogens with one attached hydrogen (secondary N) is 1. The van der Waals surface area contributed by atoms with Gasteiger partial charge in [0.15, 0.2) is 0 Å². The van der Waals surface area contributed by atoms with Gasteiger partial charge in [0.2, 0.25) is 11.8 Å². The molecule has 6 rings (SSSR count). The van der Waals surface area contributed by atoms with E-state index >= 15 is 0 Å². The number of aliphatic hydroxyl groups is 1. The molecule has 35 heavy (non-hydrogen) atoms. The Labute approximate surface area is 202 Å². The number of aromatic nitrogens is 4. The van der Waals surface area contributed by atoms with E-state index in [1.54, 1.807) is 12.4 Å². The van der Waals surface area contributed by atoms with Crippen molar-refractivity contribution in [3.8, 4) is 22.9 Å². The number of likely N-dealkylation sites (tertiary alicyclic amines) is 1. The molecule has 0 spiro atoms. The van der Waals surface area contributed by atoms with Gasteiger partial charge in [0.1, 0.15) is 12.4 Å². The standard InChI is InChI=1S/C26H26N6O3/c33-16-26(34)32-20-4-5-21(32)15-31(14-20)13-19-3-1-17-11-22(6-7-23(17)29-19)35-25-8-2-18(12-27-25)24-9-10-28-30-24/h1-3,6-12,20-21,33H,4-5,13-16H2,(H,28,30). The van der Waals surface area contributed by atoms with Crippen molar-refractivity contribution in [3.05, 3.63) is 66.6 Å². The summed E-state index contributed by atoms with van der Waals surface area (Å²) in [5.41, 5.74) is 3.77. The molecule has 2 saturated heterocycles. The lowest BCUT2D eigenvalue weighted by Gasteiger charge is -2.40. The smallest absolute Gasteiger partial charge is 0.248 e. The topological polar surface area (TPSA) is 107 Å². The number of aromatic amines is 1. The monoisotopic (exact) mass is 470 g/mol. The lowest BCUT2D eigenvalue weighted by atomic mass is 10.1. The summed E-state index contributed by atoms with van der Waals surface area (Å²) in [5, 5.41) is 17.2. The van der Waals surface area contributed by atoms with Crippen LogP contribution in [-0.4, -0.2) is 72.8 Å². The molecule has 1 aromatic carbocycles. The van der Waals surface area contributed by atoms with Crippen molar-refractivity contribution < 1.29 is 14.6 Å². The number of hydrogen-bond donors (Lipinski definition) is 2. The zero-order valence-electron chi connectivity index (χ0n) is 19.2. The average molecular weight is 471 g/mol. The Balaban J connectivity index is 1.12. The Kier molecular flexibility index (Phi) is 5.63. The fourth-order valence-electron chi connectivity index (χ4n) is 5.27. The Morgan fingerprint density at radius 3 is 2.66 bits per heavy atom. The van der Waals surface area contributed by atoms with Crippen molar-refractivity contribution in [2.75, 3.05) is 19.7 Å². The van der Waals surface area contributed by atoms with Gasteiger partial charge in [0.05, 0.1) is 16.9 Å². The van der Waals surface area contributed by atoms with Gasteiger partial charge >= 0.3 is 0 Å². The van der Waals surface area contributed by atoms with E-state index in [0.717, 1.165) is 60.3 Å². The number of carbonyl (C=O) groups is 1. The molecule has 2 atom stereocenters. The molecule has 5 heterocycles. The third-order valence-corrected chi connectivity index (χ3v) is 6.86. The summed E-state index contributed by atoms with van der Waals surface area (Å²) >= 11 is 0. The molecule has 2 fully saturated rings. The minimum Gasteiger partial charge on any atom is -0.439 e. The molecule has 3 aromatic heterocycles. The van der Waals surface area contributed by atoms with Crippen molar-refractivity contribution in [2.45, 2.75) is 31.5 Å². The molecule has 0 radical (unpaired) electrons. The first-order valence-electron chi connectivity index (χ1n) is 11.8. The van der Waals surface area contributed by atoms with Gasteiger partial charge in [-0.05, 0) is 49.2 Å². The molecular weight excluding hydrogens is 444 g/mol. The van der Waals surface area contributed by atoms with Crippen molar-refractivity contribution in [2.24, 2.45) is 0 Å². The summed E-state index contributed by atoms with van der Waals surface area (Å²) in [6, 6.07) is 16.0. The van der Waals surface area contributed by atoms with Crippen LogP contribution in [0.4, 0.5) is 0 Å². The molecule has 9 nitrogen and oxygen atoms in total. The molecule has 2 N–H and O–H groups in total. The first-order valence-corrected chi connectivity index (χ1v) is 11.8. The van der Waals surface area contributed by atoms with Crippen LogP contribution in [0.3, 0.4) is 0 Å². The Bertz CT molecular complexity index is 1330. The van der Waals surface area contributed by atoms with E-state index in [4.69, 9.17) is 9.72 Å². The van der Waals surface area contributed by atoms with Crippen LogP contribution in [0.2, 0.25) is 0 Å². The maximum Gasteiger partial charge on any atom is 0.248 e. The summed E-state index contributed by atoms with van der Waals surface area (Å²) in [7, 11) is 0. The lowest BCUT2D eigenvalue weighted by Crippen LogP contribution is -2.56. The van der Waals surface area contributed by atoms with E-state index in [-0.39, 0.29) is 18.0 Å². The van der Waals surface area contributed by atoms with Crippen molar-refractivity contribution >= 4 is 16.8 Å². The number of fused-ring (bicyclic) bond motifs is 3. The van der Waals surface area contributed by atoms with Gasteiger partial charge in [-0.3, -0.25) is 19.8 Å². The van der Waals surface area contributed by atoms with Crippen LogP contribution in [-0.2, 0) is 11.3 Å². The largest absolute Gasteiger partial charge is 0.439 e. The van der Waals surface area contributed by atoms with E-state index in [1.165, 1.54) is 0 Å².